The van der Waals surface area contributed by atoms with Crippen molar-refractivity contribution in [2.75, 3.05) is 6.54 Å². The maximum atomic E-state index is 3.85. The second-order valence-electron chi connectivity index (χ2n) is 6.83. The van der Waals surface area contributed by atoms with Crippen molar-refractivity contribution in [1.82, 2.24) is 5.32 Å². The lowest BCUT2D eigenvalue weighted by Gasteiger charge is -2.27. The molecule has 1 heteroatoms. The van der Waals surface area contributed by atoms with E-state index in [-0.39, 0.29) is 0 Å². The monoisotopic (exact) mass is 257 g/mol. The van der Waals surface area contributed by atoms with Gasteiger partial charge in [0, 0.05) is 6.04 Å². The van der Waals surface area contributed by atoms with Crippen molar-refractivity contribution < 1.29 is 0 Å². The summed E-state index contributed by atoms with van der Waals surface area (Å²) in [5.74, 6) is 1.89. The number of nitrogens with one attached hydrogen (secondary N) is 1. The number of hydrogen-bond acceptors (Lipinski definition) is 1. The van der Waals surface area contributed by atoms with E-state index in [1.807, 2.05) is 0 Å². The van der Waals surface area contributed by atoms with E-state index in [0.29, 0.717) is 6.04 Å². The molecule has 0 aromatic heterocycles. The second kappa shape index (κ2) is 5.66. The third kappa shape index (κ3) is 3.02. The minimum Gasteiger partial charge on any atom is -0.310 e. The van der Waals surface area contributed by atoms with Gasteiger partial charge in [0.05, 0.1) is 0 Å². The lowest BCUT2D eigenvalue weighted by atomic mass is 9.83. The topological polar surface area (TPSA) is 12.0 Å². The molecule has 0 radical (unpaired) electrons. The van der Waals surface area contributed by atoms with Gasteiger partial charge in [0.2, 0.25) is 0 Å². The SMILES string of the molecule is Cc1ccc2c(c1)C(NCC1CCC(C)CC1)CC2. The summed E-state index contributed by atoms with van der Waals surface area (Å²) in [5.41, 5.74) is 4.54. The Labute approximate surface area is 117 Å². The summed E-state index contributed by atoms with van der Waals surface area (Å²) in [6.45, 7) is 5.84. The molecule has 0 aliphatic heterocycles. The highest BCUT2D eigenvalue weighted by Crippen LogP contribution is 2.33. The summed E-state index contributed by atoms with van der Waals surface area (Å²) in [4.78, 5) is 0. The summed E-state index contributed by atoms with van der Waals surface area (Å²) < 4.78 is 0. The van der Waals surface area contributed by atoms with Crippen molar-refractivity contribution in [3.8, 4) is 0 Å². The zero-order valence-electron chi connectivity index (χ0n) is 12.4. The Morgan fingerprint density at radius 3 is 2.68 bits per heavy atom. The van der Waals surface area contributed by atoms with Crippen LogP contribution in [0.25, 0.3) is 0 Å². The van der Waals surface area contributed by atoms with Crippen LogP contribution in [0.1, 0.15) is 61.8 Å². The molecule has 1 aromatic rings. The van der Waals surface area contributed by atoms with Crippen LogP contribution in [0.4, 0.5) is 0 Å². The van der Waals surface area contributed by atoms with Crippen LogP contribution in [-0.4, -0.2) is 6.54 Å². The Bertz CT molecular complexity index is 429. The molecule has 19 heavy (non-hydrogen) atoms. The van der Waals surface area contributed by atoms with Gasteiger partial charge in [-0.3, -0.25) is 0 Å². The van der Waals surface area contributed by atoms with Gasteiger partial charge >= 0.3 is 0 Å². The highest BCUT2D eigenvalue weighted by atomic mass is 14.9. The Hall–Kier alpha value is -0.820. The summed E-state index contributed by atoms with van der Waals surface area (Å²) in [7, 11) is 0. The van der Waals surface area contributed by atoms with Crippen LogP contribution in [-0.2, 0) is 6.42 Å². The van der Waals surface area contributed by atoms with E-state index in [4.69, 9.17) is 0 Å². The van der Waals surface area contributed by atoms with Crippen molar-refractivity contribution in [2.45, 2.75) is 58.4 Å². The van der Waals surface area contributed by atoms with Crippen LogP contribution < -0.4 is 5.32 Å². The highest BCUT2D eigenvalue weighted by molar-refractivity contribution is 5.37. The van der Waals surface area contributed by atoms with Gasteiger partial charge in [-0.1, -0.05) is 43.5 Å². The molecule has 1 fully saturated rings. The van der Waals surface area contributed by atoms with Crippen LogP contribution in [0.5, 0.6) is 0 Å². The minimum absolute atomic E-state index is 0.620. The fourth-order valence-electron chi connectivity index (χ4n) is 3.78. The number of rotatable bonds is 3. The maximum Gasteiger partial charge on any atom is 0.0326 e. The van der Waals surface area contributed by atoms with Gasteiger partial charge in [-0.05, 0) is 62.1 Å². The van der Waals surface area contributed by atoms with Gasteiger partial charge in [0.25, 0.3) is 0 Å². The van der Waals surface area contributed by atoms with Crippen molar-refractivity contribution in [3.05, 3.63) is 34.9 Å². The van der Waals surface area contributed by atoms with Crippen LogP contribution in [0.3, 0.4) is 0 Å². The van der Waals surface area contributed by atoms with Crippen LogP contribution >= 0.6 is 0 Å². The molecule has 1 saturated carbocycles. The molecule has 1 aromatic carbocycles. The van der Waals surface area contributed by atoms with Gasteiger partial charge in [-0.15, -0.1) is 0 Å². The van der Waals surface area contributed by atoms with Crippen molar-refractivity contribution in [2.24, 2.45) is 11.8 Å². The zero-order chi connectivity index (χ0) is 13.2. The lowest BCUT2D eigenvalue weighted by Crippen LogP contribution is -2.28. The van der Waals surface area contributed by atoms with Crippen molar-refractivity contribution >= 4 is 0 Å². The second-order valence-corrected chi connectivity index (χ2v) is 6.83. The van der Waals surface area contributed by atoms with E-state index in [0.717, 1.165) is 11.8 Å². The van der Waals surface area contributed by atoms with Gasteiger partial charge in [-0.2, -0.15) is 0 Å². The van der Waals surface area contributed by atoms with Crippen LogP contribution in [0.15, 0.2) is 18.2 Å². The molecule has 0 saturated heterocycles. The average molecular weight is 257 g/mol. The standard InChI is InChI=1S/C18H27N/c1-13-3-6-15(7-4-13)12-19-18-10-9-16-8-5-14(2)11-17(16)18/h5,8,11,13,15,18-19H,3-4,6-7,9-10,12H2,1-2H3. The van der Waals surface area contributed by atoms with E-state index in [1.54, 1.807) is 11.1 Å². The molecular weight excluding hydrogens is 230 g/mol. The summed E-state index contributed by atoms with van der Waals surface area (Å²) in [6.07, 6.45) is 8.29. The lowest BCUT2D eigenvalue weighted by molar-refractivity contribution is 0.274. The Morgan fingerprint density at radius 1 is 1.11 bits per heavy atom. The predicted molar refractivity (Wildman–Crippen MR) is 81.4 cm³/mol. The smallest absolute Gasteiger partial charge is 0.0326 e. The van der Waals surface area contributed by atoms with Crippen LogP contribution in [0, 0.1) is 18.8 Å². The van der Waals surface area contributed by atoms with Gasteiger partial charge < -0.3 is 5.32 Å². The number of aryl methyl sites for hydroxylation is 2. The quantitative estimate of drug-likeness (QED) is 0.846. The first-order valence-corrected chi connectivity index (χ1v) is 8.05. The molecule has 2 aliphatic rings. The third-order valence-corrected chi connectivity index (χ3v) is 5.17. The van der Waals surface area contributed by atoms with E-state index in [1.165, 1.54) is 50.6 Å². The molecule has 0 spiro atoms. The minimum atomic E-state index is 0.620. The fourth-order valence-corrected chi connectivity index (χ4v) is 3.78. The number of benzene rings is 1. The normalized spacial score (nSPS) is 30.3. The van der Waals surface area contributed by atoms with Crippen LogP contribution in [0.2, 0.25) is 0 Å². The summed E-state index contributed by atoms with van der Waals surface area (Å²) >= 11 is 0. The molecule has 3 rings (SSSR count). The molecule has 0 heterocycles. The van der Waals surface area contributed by atoms with E-state index in [2.05, 4.69) is 37.4 Å². The molecule has 0 bridgehead atoms. The maximum absolute atomic E-state index is 3.85. The molecule has 1 nitrogen and oxygen atoms in total. The highest BCUT2D eigenvalue weighted by Gasteiger charge is 2.24. The number of hydrogen-bond donors (Lipinski definition) is 1. The first-order valence-electron chi connectivity index (χ1n) is 8.05. The zero-order valence-corrected chi connectivity index (χ0v) is 12.4. The van der Waals surface area contributed by atoms with E-state index in [9.17, 15) is 0 Å². The fraction of sp³-hybridized carbons (Fsp3) is 0.667. The first kappa shape index (κ1) is 13.2. The Morgan fingerprint density at radius 2 is 1.89 bits per heavy atom. The molecular formula is C18H27N. The predicted octanol–water partition coefficient (Wildman–Crippen LogP) is 4.40. The summed E-state index contributed by atoms with van der Waals surface area (Å²) in [5, 5.41) is 3.85. The van der Waals surface area contributed by atoms with Gasteiger partial charge in [-0.25, -0.2) is 0 Å². The molecule has 0 amide bonds. The molecule has 1 N–H and O–H groups in total. The molecule has 1 unspecified atom stereocenters. The largest absolute Gasteiger partial charge is 0.310 e. The molecule has 1 atom stereocenters. The average Bonchev–Trinajstić information content (AvgIpc) is 2.80. The van der Waals surface area contributed by atoms with Crippen molar-refractivity contribution in [3.63, 3.8) is 0 Å². The van der Waals surface area contributed by atoms with E-state index >= 15 is 0 Å². The number of fused-ring (bicyclic) bond motifs is 1. The first-order chi connectivity index (χ1) is 9.22. The molecule has 2 aliphatic carbocycles. The Kier molecular flexibility index (Phi) is 3.93. The molecule has 104 valence electrons. The summed E-state index contributed by atoms with van der Waals surface area (Å²) in [6, 6.07) is 7.59. The Balaban J connectivity index is 1.56. The van der Waals surface area contributed by atoms with Gasteiger partial charge in [0.1, 0.15) is 0 Å². The van der Waals surface area contributed by atoms with E-state index < -0.39 is 0 Å². The third-order valence-electron chi connectivity index (χ3n) is 5.17. The van der Waals surface area contributed by atoms with Crippen molar-refractivity contribution in [1.29, 1.82) is 0 Å². The van der Waals surface area contributed by atoms with Gasteiger partial charge in [0.15, 0.2) is 0 Å².